The zero-order valence-corrected chi connectivity index (χ0v) is 29.0. The standard InChI is InChI=1S/C34H44N4O10S/c1-23-18-47-32(42)48-28(23)21-46-31(41)36-33(2,3)30(40)35-26(20-45-19-24-10-6-5-7-11-24)29(39)37-16-14-34(15-17-37)22-38(49(4,43)44)27-13-9-8-12-25(27)34/h5-13,23,26,28H,14-22H2,1-4H3,(H,35,40)(H,36,41)/t23?,26-,28?/m1/s1. The van der Waals surface area contributed by atoms with Crippen molar-refractivity contribution in [1.29, 1.82) is 0 Å². The molecule has 2 unspecified atom stereocenters. The maximum atomic E-state index is 14.0. The van der Waals surface area contributed by atoms with E-state index in [2.05, 4.69) is 10.6 Å². The van der Waals surface area contributed by atoms with Crippen molar-refractivity contribution in [3.05, 3.63) is 65.7 Å². The first-order chi connectivity index (χ1) is 23.2. The van der Waals surface area contributed by atoms with E-state index in [-0.39, 0.29) is 38.3 Å². The van der Waals surface area contributed by atoms with Gasteiger partial charge in [-0.1, -0.05) is 55.5 Å². The molecular formula is C34H44N4O10S. The Kier molecular flexibility index (Phi) is 10.7. The van der Waals surface area contributed by atoms with E-state index >= 15 is 0 Å². The molecule has 15 heteroatoms. The molecule has 1 spiro atoms. The number of hydrogen-bond donors (Lipinski definition) is 2. The van der Waals surface area contributed by atoms with Crippen LogP contribution in [0.15, 0.2) is 54.6 Å². The van der Waals surface area contributed by atoms with Gasteiger partial charge in [-0.2, -0.15) is 0 Å². The number of rotatable bonds is 11. The number of alkyl carbamates (subject to hydrolysis) is 1. The van der Waals surface area contributed by atoms with Crippen molar-refractivity contribution in [2.75, 3.05) is 50.0 Å². The maximum absolute atomic E-state index is 14.0. The second kappa shape index (κ2) is 14.6. The number of sulfonamides is 1. The predicted molar refractivity (Wildman–Crippen MR) is 178 cm³/mol. The van der Waals surface area contributed by atoms with Crippen molar-refractivity contribution in [3.8, 4) is 0 Å². The van der Waals surface area contributed by atoms with Crippen molar-refractivity contribution in [2.24, 2.45) is 5.92 Å². The topological polar surface area (TPSA) is 170 Å². The summed E-state index contributed by atoms with van der Waals surface area (Å²) in [4.78, 5) is 53.3. The lowest BCUT2D eigenvalue weighted by Gasteiger charge is -2.41. The molecule has 266 valence electrons. The van der Waals surface area contributed by atoms with Crippen LogP contribution in [0.2, 0.25) is 0 Å². The molecule has 3 heterocycles. The quantitative estimate of drug-likeness (QED) is 0.333. The average Bonchev–Trinajstić information content (AvgIpc) is 3.39. The summed E-state index contributed by atoms with van der Waals surface area (Å²) in [5.74, 6) is -1.19. The number of fused-ring (bicyclic) bond motifs is 2. The van der Waals surface area contributed by atoms with Crippen LogP contribution >= 0.6 is 0 Å². The molecule has 49 heavy (non-hydrogen) atoms. The molecule has 0 bridgehead atoms. The van der Waals surface area contributed by atoms with Gasteiger partial charge >= 0.3 is 12.2 Å². The van der Waals surface area contributed by atoms with Crippen LogP contribution in [0.5, 0.6) is 0 Å². The Balaban J connectivity index is 1.23. The molecule has 2 fully saturated rings. The van der Waals surface area contributed by atoms with Crippen molar-refractivity contribution < 1.29 is 46.5 Å². The summed E-state index contributed by atoms with van der Waals surface area (Å²) in [6.45, 7) is 5.73. The van der Waals surface area contributed by atoms with Gasteiger partial charge in [-0.05, 0) is 43.9 Å². The molecular weight excluding hydrogens is 656 g/mol. The first kappa shape index (κ1) is 35.9. The first-order valence-corrected chi connectivity index (χ1v) is 18.1. The molecule has 3 aliphatic heterocycles. The third-order valence-corrected chi connectivity index (χ3v) is 10.5. The molecule has 5 rings (SSSR count). The highest BCUT2D eigenvalue weighted by atomic mass is 32.2. The van der Waals surface area contributed by atoms with Gasteiger partial charge in [0.2, 0.25) is 21.8 Å². The van der Waals surface area contributed by atoms with E-state index in [9.17, 15) is 27.6 Å². The van der Waals surface area contributed by atoms with Crippen LogP contribution in [0.1, 0.15) is 44.7 Å². The minimum atomic E-state index is -3.49. The van der Waals surface area contributed by atoms with Crippen LogP contribution in [0.4, 0.5) is 15.3 Å². The van der Waals surface area contributed by atoms with Gasteiger partial charge in [-0.25, -0.2) is 18.0 Å². The van der Waals surface area contributed by atoms with Gasteiger partial charge in [0, 0.05) is 31.0 Å². The Bertz CT molecular complexity index is 1640. The van der Waals surface area contributed by atoms with Gasteiger partial charge in [0.15, 0.2) is 0 Å². The number of ether oxygens (including phenoxy) is 4. The molecule has 0 saturated carbocycles. The van der Waals surface area contributed by atoms with Gasteiger partial charge in [-0.3, -0.25) is 13.9 Å². The molecule has 0 aliphatic carbocycles. The van der Waals surface area contributed by atoms with E-state index in [4.69, 9.17) is 18.9 Å². The molecule has 2 aromatic carbocycles. The summed E-state index contributed by atoms with van der Waals surface area (Å²) in [6, 6.07) is 15.8. The van der Waals surface area contributed by atoms with E-state index in [0.29, 0.717) is 38.2 Å². The predicted octanol–water partition coefficient (Wildman–Crippen LogP) is 2.70. The number of likely N-dealkylation sites (tertiary alicyclic amines) is 1. The van der Waals surface area contributed by atoms with Gasteiger partial charge in [0.25, 0.3) is 0 Å². The van der Waals surface area contributed by atoms with E-state index < -0.39 is 51.3 Å². The molecule has 2 N–H and O–H groups in total. The number of para-hydroxylation sites is 1. The number of nitrogens with one attached hydrogen (secondary N) is 2. The monoisotopic (exact) mass is 700 g/mol. The number of carbonyl (C=O) groups is 4. The molecule has 2 aromatic rings. The highest BCUT2D eigenvalue weighted by Crippen LogP contribution is 2.47. The highest BCUT2D eigenvalue weighted by molar-refractivity contribution is 7.92. The lowest BCUT2D eigenvalue weighted by atomic mass is 9.74. The Morgan fingerprint density at radius 2 is 1.73 bits per heavy atom. The molecule has 3 atom stereocenters. The number of cyclic esters (lactones) is 2. The molecule has 14 nitrogen and oxygen atoms in total. The summed E-state index contributed by atoms with van der Waals surface area (Å²) in [5, 5.41) is 5.29. The number of amides is 3. The van der Waals surface area contributed by atoms with Crippen LogP contribution in [-0.4, -0.2) is 101 Å². The van der Waals surface area contributed by atoms with Gasteiger partial charge in [0.1, 0.15) is 30.9 Å². The van der Waals surface area contributed by atoms with Crippen molar-refractivity contribution in [1.82, 2.24) is 15.5 Å². The molecule has 3 aliphatic rings. The SMILES string of the molecule is CC1COC(=O)OC1COC(=O)NC(C)(C)C(=O)N[C@H](COCc1ccccc1)C(=O)N1CCC2(CC1)CN(S(C)(=O)=O)c1ccccc12. The van der Waals surface area contributed by atoms with Crippen LogP contribution in [-0.2, 0) is 50.6 Å². The van der Waals surface area contributed by atoms with Crippen molar-refractivity contribution >= 4 is 39.8 Å². The fraction of sp³-hybridized carbons (Fsp3) is 0.529. The number of nitrogens with zero attached hydrogens (tertiary/aromatic N) is 2. The summed E-state index contributed by atoms with van der Waals surface area (Å²) in [5.41, 5.74) is 0.575. The number of hydrogen-bond acceptors (Lipinski definition) is 10. The van der Waals surface area contributed by atoms with Crippen LogP contribution in [0, 0.1) is 5.92 Å². The van der Waals surface area contributed by atoms with Gasteiger partial charge < -0.3 is 34.5 Å². The van der Waals surface area contributed by atoms with Crippen LogP contribution < -0.4 is 14.9 Å². The lowest BCUT2D eigenvalue weighted by Crippen LogP contribution is -2.61. The second-order valence-corrected chi connectivity index (χ2v) is 15.4. The largest absolute Gasteiger partial charge is 0.508 e. The van der Waals surface area contributed by atoms with Gasteiger partial charge in [-0.15, -0.1) is 0 Å². The summed E-state index contributed by atoms with van der Waals surface area (Å²) in [7, 11) is -3.49. The van der Waals surface area contributed by atoms with E-state index in [1.165, 1.54) is 24.4 Å². The lowest BCUT2D eigenvalue weighted by molar-refractivity contribution is -0.141. The van der Waals surface area contributed by atoms with Crippen molar-refractivity contribution in [3.63, 3.8) is 0 Å². The zero-order chi connectivity index (χ0) is 35.4. The average molecular weight is 701 g/mol. The van der Waals surface area contributed by atoms with E-state index in [1.54, 1.807) is 11.8 Å². The normalized spacial score (nSPS) is 20.9. The fourth-order valence-corrected chi connectivity index (χ4v) is 7.35. The smallest absolute Gasteiger partial charge is 0.446 e. The second-order valence-electron chi connectivity index (χ2n) is 13.5. The van der Waals surface area contributed by atoms with Gasteiger partial charge in [0.05, 0.1) is 25.2 Å². The molecule has 2 saturated heterocycles. The molecule has 0 aromatic heterocycles. The van der Waals surface area contributed by atoms with Crippen LogP contribution in [0.25, 0.3) is 0 Å². The summed E-state index contributed by atoms with van der Waals surface area (Å²) in [6.07, 6.45) is -0.169. The summed E-state index contributed by atoms with van der Waals surface area (Å²) < 4.78 is 47.7. The minimum Gasteiger partial charge on any atom is -0.446 e. The van der Waals surface area contributed by atoms with E-state index in [0.717, 1.165) is 11.1 Å². The highest BCUT2D eigenvalue weighted by Gasteiger charge is 2.48. The van der Waals surface area contributed by atoms with E-state index in [1.807, 2.05) is 54.6 Å². The first-order valence-electron chi connectivity index (χ1n) is 16.3. The Labute approximate surface area is 286 Å². The number of carbonyl (C=O) groups excluding carboxylic acids is 4. The number of anilines is 1. The number of piperidine rings is 1. The van der Waals surface area contributed by atoms with Crippen LogP contribution in [0.3, 0.4) is 0 Å². The third kappa shape index (κ3) is 8.44. The Morgan fingerprint density at radius 1 is 1.06 bits per heavy atom. The fourth-order valence-electron chi connectivity index (χ4n) is 6.35. The Morgan fingerprint density at radius 3 is 2.43 bits per heavy atom. The maximum Gasteiger partial charge on any atom is 0.508 e. The van der Waals surface area contributed by atoms with Crippen molar-refractivity contribution in [2.45, 2.75) is 63.3 Å². The Hall–Kier alpha value is -4.37. The molecule has 3 amide bonds. The third-order valence-electron chi connectivity index (χ3n) is 9.33. The summed E-state index contributed by atoms with van der Waals surface area (Å²) >= 11 is 0. The molecule has 0 radical (unpaired) electrons. The zero-order valence-electron chi connectivity index (χ0n) is 28.2. The minimum absolute atomic E-state index is 0.126. The number of benzene rings is 2.